The van der Waals surface area contributed by atoms with Crippen molar-refractivity contribution in [3.63, 3.8) is 0 Å². The van der Waals surface area contributed by atoms with Crippen molar-refractivity contribution in [2.24, 2.45) is 12.0 Å². The fraction of sp³-hybridized carbons (Fsp3) is 0.360. The van der Waals surface area contributed by atoms with E-state index in [0.29, 0.717) is 32.3 Å². The summed E-state index contributed by atoms with van der Waals surface area (Å²) in [5.41, 5.74) is 3.07. The molecule has 1 atom stereocenters. The molecule has 178 valence electrons. The molecule has 33 heavy (non-hydrogen) atoms. The van der Waals surface area contributed by atoms with Gasteiger partial charge in [-0.15, -0.1) is 24.0 Å². The first-order valence-corrected chi connectivity index (χ1v) is 10.9. The van der Waals surface area contributed by atoms with Crippen LogP contribution in [0.2, 0.25) is 0 Å². The maximum absolute atomic E-state index is 10.8. The first kappa shape index (κ1) is 26.8. The predicted octanol–water partition coefficient (Wildman–Crippen LogP) is 3.72. The van der Waals surface area contributed by atoms with Crippen LogP contribution in [0, 0.1) is 0 Å². The van der Waals surface area contributed by atoms with Gasteiger partial charge < -0.3 is 20.5 Å². The number of aliphatic imine (C=N–C) groups is 1. The van der Waals surface area contributed by atoms with Crippen LogP contribution in [-0.2, 0) is 37.1 Å². The standard InChI is InChI=1S/C25H33N5O2.HI/c1-4-26-24(28-19-25(2,31)23-15-29-30(3)16-23)27-14-21-12-8-9-13-22(21)18-32-17-20-10-6-5-7-11-20;/h5-13,15-16,31H,4,14,17-19H2,1-3H3,(H2,26,27,28);1H. The van der Waals surface area contributed by atoms with E-state index in [1.807, 2.05) is 50.5 Å². The van der Waals surface area contributed by atoms with Crippen LogP contribution in [0.1, 0.15) is 36.1 Å². The third kappa shape index (κ3) is 8.45. The van der Waals surface area contributed by atoms with Crippen molar-refractivity contribution in [1.82, 2.24) is 20.4 Å². The molecule has 3 rings (SSSR count). The molecule has 0 aliphatic carbocycles. The minimum absolute atomic E-state index is 0. The van der Waals surface area contributed by atoms with Gasteiger partial charge in [-0.1, -0.05) is 54.6 Å². The van der Waals surface area contributed by atoms with Gasteiger partial charge in [0.25, 0.3) is 0 Å². The van der Waals surface area contributed by atoms with Gasteiger partial charge in [-0.3, -0.25) is 4.68 Å². The van der Waals surface area contributed by atoms with E-state index in [9.17, 15) is 5.11 Å². The molecule has 0 saturated heterocycles. The van der Waals surface area contributed by atoms with Crippen LogP contribution < -0.4 is 10.6 Å². The second kappa shape index (κ2) is 13.3. The molecule has 0 aliphatic rings. The minimum atomic E-state index is -1.06. The summed E-state index contributed by atoms with van der Waals surface area (Å²) < 4.78 is 7.60. The fourth-order valence-corrected chi connectivity index (χ4v) is 3.27. The molecule has 0 fully saturated rings. The number of halogens is 1. The molecular formula is C25H34IN5O2. The number of rotatable bonds is 10. The van der Waals surface area contributed by atoms with Crippen molar-refractivity contribution in [2.45, 2.75) is 39.2 Å². The highest BCUT2D eigenvalue weighted by Crippen LogP contribution is 2.18. The Bertz CT molecular complexity index is 1000. The fourth-order valence-electron chi connectivity index (χ4n) is 3.27. The average Bonchev–Trinajstić information content (AvgIpc) is 3.24. The lowest BCUT2D eigenvalue weighted by Gasteiger charge is -2.23. The third-order valence-corrected chi connectivity index (χ3v) is 5.17. The summed E-state index contributed by atoms with van der Waals surface area (Å²) in [6.07, 6.45) is 3.49. The lowest BCUT2D eigenvalue weighted by atomic mass is 10.00. The Morgan fingerprint density at radius 2 is 1.76 bits per heavy atom. The molecule has 7 nitrogen and oxygen atoms in total. The van der Waals surface area contributed by atoms with E-state index < -0.39 is 5.60 Å². The van der Waals surface area contributed by atoms with Gasteiger partial charge in [0, 0.05) is 25.4 Å². The van der Waals surface area contributed by atoms with Gasteiger partial charge in [0.1, 0.15) is 5.60 Å². The molecule has 0 amide bonds. The molecular weight excluding hydrogens is 529 g/mol. The van der Waals surface area contributed by atoms with Crippen LogP contribution in [-0.4, -0.2) is 33.9 Å². The van der Waals surface area contributed by atoms with E-state index in [2.05, 4.69) is 40.0 Å². The summed E-state index contributed by atoms with van der Waals surface area (Å²) >= 11 is 0. The second-order valence-corrected chi connectivity index (χ2v) is 7.97. The molecule has 3 N–H and O–H groups in total. The molecule has 1 aromatic heterocycles. The van der Waals surface area contributed by atoms with Crippen molar-refractivity contribution < 1.29 is 9.84 Å². The molecule has 0 bridgehead atoms. The highest BCUT2D eigenvalue weighted by atomic mass is 127. The van der Waals surface area contributed by atoms with E-state index in [1.54, 1.807) is 17.8 Å². The Balaban J connectivity index is 0.00000385. The SMILES string of the molecule is CCNC(=NCc1ccccc1COCc1ccccc1)NCC(C)(O)c1cnn(C)c1.I. The molecule has 0 radical (unpaired) electrons. The summed E-state index contributed by atoms with van der Waals surface area (Å²) in [6.45, 7) is 6.43. The number of aliphatic hydroxyl groups is 1. The Labute approximate surface area is 213 Å². The molecule has 1 unspecified atom stereocenters. The van der Waals surface area contributed by atoms with E-state index in [-0.39, 0.29) is 24.0 Å². The number of nitrogens with zero attached hydrogens (tertiary/aromatic N) is 3. The Hall–Kier alpha value is -2.43. The van der Waals surface area contributed by atoms with Gasteiger partial charge in [0.15, 0.2) is 5.96 Å². The van der Waals surface area contributed by atoms with Gasteiger partial charge >= 0.3 is 0 Å². The van der Waals surface area contributed by atoms with Crippen LogP contribution >= 0.6 is 24.0 Å². The van der Waals surface area contributed by atoms with Crippen LogP contribution in [0.25, 0.3) is 0 Å². The van der Waals surface area contributed by atoms with Crippen molar-refractivity contribution in [1.29, 1.82) is 0 Å². The first-order chi connectivity index (χ1) is 15.5. The van der Waals surface area contributed by atoms with Crippen molar-refractivity contribution in [2.75, 3.05) is 13.1 Å². The quantitative estimate of drug-likeness (QED) is 0.199. The number of aryl methyl sites for hydroxylation is 1. The number of hydrogen-bond acceptors (Lipinski definition) is 4. The maximum atomic E-state index is 10.8. The highest BCUT2D eigenvalue weighted by Gasteiger charge is 2.25. The molecule has 8 heteroatoms. The summed E-state index contributed by atoms with van der Waals surface area (Å²) in [5.74, 6) is 0.650. The molecule has 3 aromatic rings. The number of hydrogen-bond donors (Lipinski definition) is 3. The third-order valence-electron chi connectivity index (χ3n) is 5.17. The van der Waals surface area contributed by atoms with E-state index in [4.69, 9.17) is 9.73 Å². The van der Waals surface area contributed by atoms with E-state index >= 15 is 0 Å². The van der Waals surface area contributed by atoms with Crippen molar-refractivity contribution in [3.05, 3.63) is 89.2 Å². The number of nitrogens with one attached hydrogen (secondary N) is 2. The average molecular weight is 563 g/mol. The van der Waals surface area contributed by atoms with Gasteiger partial charge in [0.2, 0.25) is 0 Å². The van der Waals surface area contributed by atoms with Gasteiger partial charge in [0.05, 0.1) is 32.5 Å². The lowest BCUT2D eigenvalue weighted by Crippen LogP contribution is -2.44. The van der Waals surface area contributed by atoms with Crippen molar-refractivity contribution >= 4 is 29.9 Å². The van der Waals surface area contributed by atoms with Crippen LogP contribution in [0.15, 0.2) is 72.0 Å². The normalized spacial score (nSPS) is 13.2. The largest absolute Gasteiger partial charge is 0.383 e. The van der Waals surface area contributed by atoms with Crippen LogP contribution in [0.4, 0.5) is 0 Å². The lowest BCUT2D eigenvalue weighted by molar-refractivity contribution is 0.0616. The minimum Gasteiger partial charge on any atom is -0.383 e. The zero-order valence-corrected chi connectivity index (χ0v) is 21.8. The smallest absolute Gasteiger partial charge is 0.191 e. The van der Waals surface area contributed by atoms with E-state index in [1.165, 1.54) is 0 Å². The summed E-state index contributed by atoms with van der Waals surface area (Å²) in [7, 11) is 1.83. The predicted molar refractivity (Wildman–Crippen MR) is 142 cm³/mol. The zero-order chi connectivity index (χ0) is 22.8. The zero-order valence-electron chi connectivity index (χ0n) is 19.5. The number of benzene rings is 2. The Kier molecular flexibility index (Phi) is 10.8. The Morgan fingerprint density at radius 3 is 2.42 bits per heavy atom. The van der Waals surface area contributed by atoms with Crippen LogP contribution in [0.5, 0.6) is 0 Å². The monoisotopic (exact) mass is 563 g/mol. The topological polar surface area (TPSA) is 83.7 Å². The van der Waals surface area contributed by atoms with Crippen LogP contribution in [0.3, 0.4) is 0 Å². The molecule has 1 heterocycles. The number of aromatic nitrogens is 2. The molecule has 0 aliphatic heterocycles. The van der Waals surface area contributed by atoms with E-state index in [0.717, 1.165) is 28.8 Å². The van der Waals surface area contributed by atoms with Crippen molar-refractivity contribution in [3.8, 4) is 0 Å². The summed E-state index contributed by atoms with van der Waals surface area (Å²) in [5, 5.41) is 21.5. The molecule has 0 spiro atoms. The summed E-state index contributed by atoms with van der Waals surface area (Å²) in [6, 6.07) is 18.3. The highest BCUT2D eigenvalue weighted by molar-refractivity contribution is 14.0. The number of guanidine groups is 1. The summed E-state index contributed by atoms with van der Waals surface area (Å²) in [4.78, 5) is 4.72. The van der Waals surface area contributed by atoms with Gasteiger partial charge in [-0.2, -0.15) is 5.10 Å². The Morgan fingerprint density at radius 1 is 1.06 bits per heavy atom. The maximum Gasteiger partial charge on any atom is 0.191 e. The van der Waals surface area contributed by atoms with Gasteiger partial charge in [-0.25, -0.2) is 4.99 Å². The molecule has 2 aromatic carbocycles. The first-order valence-electron chi connectivity index (χ1n) is 10.9. The van der Waals surface area contributed by atoms with Gasteiger partial charge in [-0.05, 0) is 30.5 Å². The number of ether oxygens (including phenoxy) is 1. The second-order valence-electron chi connectivity index (χ2n) is 7.97. The molecule has 0 saturated carbocycles.